The molecule has 1 heterocycles. The summed E-state index contributed by atoms with van der Waals surface area (Å²) in [5.41, 5.74) is 1.91. The lowest BCUT2D eigenvalue weighted by atomic mass is 10.0. The molecule has 0 unspecified atom stereocenters. The van der Waals surface area contributed by atoms with Crippen LogP contribution in [-0.2, 0) is 11.2 Å². The second kappa shape index (κ2) is 9.78. The zero-order valence-corrected chi connectivity index (χ0v) is 17.3. The Balaban J connectivity index is 1.87. The normalized spacial score (nSPS) is 10.6. The van der Waals surface area contributed by atoms with Gasteiger partial charge in [-0.3, -0.25) is 10.1 Å². The molecule has 0 spiro atoms. The molecule has 0 aliphatic carbocycles. The van der Waals surface area contributed by atoms with Crippen LogP contribution in [0.5, 0.6) is 11.5 Å². The minimum atomic E-state index is -0.481. The summed E-state index contributed by atoms with van der Waals surface area (Å²) in [5.74, 6) is 0.990. The predicted molar refractivity (Wildman–Crippen MR) is 115 cm³/mol. The Labute approximate surface area is 174 Å². The number of nitrogens with one attached hydrogen (secondary N) is 2. The molecule has 2 aromatic carbocycles. The summed E-state index contributed by atoms with van der Waals surface area (Å²) in [4.78, 5) is 24.1. The highest BCUT2D eigenvalue weighted by Crippen LogP contribution is 2.32. The molecule has 0 saturated carbocycles. The zero-order valence-electron chi connectivity index (χ0n) is 17.3. The number of H-pyrrole nitrogens is 1. The molecular formula is C22H25N3O5. The number of benzene rings is 2. The molecule has 8 heteroatoms. The number of ether oxygens (including phenoxy) is 3. The lowest BCUT2D eigenvalue weighted by Crippen LogP contribution is -2.14. The van der Waals surface area contributed by atoms with Crippen molar-refractivity contribution < 1.29 is 19.0 Å². The van der Waals surface area contributed by atoms with Gasteiger partial charge in [-0.2, -0.15) is 5.10 Å². The number of hydrogen-bond acceptors (Lipinski definition) is 6. The monoisotopic (exact) mass is 411 g/mol. The maximum absolute atomic E-state index is 12.3. The Kier molecular flexibility index (Phi) is 6.90. The van der Waals surface area contributed by atoms with Crippen molar-refractivity contribution in [3.63, 3.8) is 0 Å². The van der Waals surface area contributed by atoms with E-state index in [9.17, 15) is 9.59 Å². The maximum atomic E-state index is 12.3. The summed E-state index contributed by atoms with van der Waals surface area (Å²) < 4.78 is 15.8. The first kappa shape index (κ1) is 21.2. The van der Waals surface area contributed by atoms with Crippen molar-refractivity contribution in [2.24, 2.45) is 0 Å². The van der Waals surface area contributed by atoms with Gasteiger partial charge in [-0.15, -0.1) is 0 Å². The van der Waals surface area contributed by atoms with E-state index in [4.69, 9.17) is 14.2 Å². The molecule has 0 saturated heterocycles. The molecule has 0 bridgehead atoms. The third-order valence-corrected chi connectivity index (χ3v) is 4.65. The second-order valence-electron chi connectivity index (χ2n) is 6.74. The van der Waals surface area contributed by atoms with E-state index in [1.165, 1.54) is 7.11 Å². The Bertz CT molecular complexity index is 1090. The summed E-state index contributed by atoms with van der Waals surface area (Å²) in [6.07, 6.45) is 1.75. The topological polar surface area (TPSA) is 103 Å². The number of hydrogen-bond donors (Lipinski definition) is 2. The van der Waals surface area contributed by atoms with E-state index in [0.29, 0.717) is 46.7 Å². The summed E-state index contributed by atoms with van der Waals surface area (Å²) in [6.45, 7) is 2.42. The molecule has 1 aromatic heterocycles. The number of nitrogens with zero attached hydrogens (tertiary/aromatic N) is 1. The third-order valence-electron chi connectivity index (χ3n) is 4.65. The minimum absolute atomic E-state index is 0.306. The number of rotatable bonds is 8. The van der Waals surface area contributed by atoms with Crippen molar-refractivity contribution in [2.75, 3.05) is 26.1 Å². The van der Waals surface area contributed by atoms with E-state index in [-0.39, 0.29) is 5.56 Å². The van der Waals surface area contributed by atoms with Gasteiger partial charge in [0.25, 0.3) is 5.56 Å². The lowest BCUT2D eigenvalue weighted by Gasteiger charge is -2.11. The van der Waals surface area contributed by atoms with E-state index in [1.807, 2.05) is 25.1 Å². The Morgan fingerprint density at radius 2 is 1.83 bits per heavy atom. The largest absolute Gasteiger partial charge is 0.493 e. The van der Waals surface area contributed by atoms with Crippen LogP contribution in [-0.4, -0.2) is 37.1 Å². The van der Waals surface area contributed by atoms with E-state index >= 15 is 0 Å². The van der Waals surface area contributed by atoms with Crippen LogP contribution in [0.1, 0.15) is 31.0 Å². The Morgan fingerprint density at radius 3 is 2.53 bits per heavy atom. The Hall–Kier alpha value is -3.55. The van der Waals surface area contributed by atoms with Crippen LogP contribution < -0.4 is 20.3 Å². The van der Waals surface area contributed by atoms with Crippen LogP contribution in [0.2, 0.25) is 0 Å². The van der Waals surface area contributed by atoms with Crippen molar-refractivity contribution in [3.05, 3.63) is 58.0 Å². The van der Waals surface area contributed by atoms with Gasteiger partial charge >= 0.3 is 6.09 Å². The lowest BCUT2D eigenvalue weighted by molar-refractivity contribution is 0.160. The molecule has 3 rings (SSSR count). The number of aromatic amines is 1. The summed E-state index contributed by atoms with van der Waals surface area (Å²) >= 11 is 0. The molecule has 158 valence electrons. The highest BCUT2D eigenvalue weighted by Gasteiger charge is 2.13. The first-order valence-corrected chi connectivity index (χ1v) is 9.71. The van der Waals surface area contributed by atoms with Gasteiger partial charge in [0.05, 0.1) is 31.9 Å². The SMILES string of the molecule is CCCCOC(=O)Nc1cccc(Cc2n[nH]c(=O)c3cc(OC)c(OC)cc23)c1. The molecule has 8 nitrogen and oxygen atoms in total. The number of anilines is 1. The fourth-order valence-electron chi connectivity index (χ4n) is 3.09. The molecule has 1 amide bonds. The number of carbonyl (C=O) groups is 1. The fraction of sp³-hybridized carbons (Fsp3) is 0.318. The van der Waals surface area contributed by atoms with Gasteiger partial charge in [-0.1, -0.05) is 25.5 Å². The van der Waals surface area contributed by atoms with Gasteiger partial charge < -0.3 is 14.2 Å². The van der Waals surface area contributed by atoms with Gasteiger partial charge in [0, 0.05) is 17.5 Å². The number of carbonyl (C=O) groups excluding carboxylic acids is 1. The molecular weight excluding hydrogens is 386 g/mol. The molecule has 30 heavy (non-hydrogen) atoms. The standard InChI is InChI=1S/C22H25N3O5/c1-4-5-9-30-22(27)23-15-8-6-7-14(10-15)11-18-16-12-19(28-2)20(29-3)13-17(16)21(26)25-24-18/h6-8,10,12-13H,4-5,9,11H2,1-3H3,(H,23,27)(H,25,26). The van der Waals surface area contributed by atoms with Crippen molar-refractivity contribution in [3.8, 4) is 11.5 Å². The predicted octanol–water partition coefficient (Wildman–Crippen LogP) is 3.88. The van der Waals surface area contributed by atoms with Crippen LogP contribution in [0.3, 0.4) is 0 Å². The van der Waals surface area contributed by atoms with Gasteiger partial charge in [-0.25, -0.2) is 9.89 Å². The first-order chi connectivity index (χ1) is 14.5. The van der Waals surface area contributed by atoms with Crippen molar-refractivity contribution in [2.45, 2.75) is 26.2 Å². The molecule has 2 N–H and O–H groups in total. The van der Waals surface area contributed by atoms with Crippen LogP contribution in [0, 0.1) is 0 Å². The summed E-state index contributed by atoms with van der Waals surface area (Å²) in [6, 6.07) is 10.8. The average Bonchev–Trinajstić information content (AvgIpc) is 2.75. The highest BCUT2D eigenvalue weighted by atomic mass is 16.5. The van der Waals surface area contributed by atoms with Crippen LogP contribution in [0.4, 0.5) is 10.5 Å². The smallest absolute Gasteiger partial charge is 0.411 e. The molecule has 0 aliphatic rings. The molecule has 0 aliphatic heterocycles. The van der Waals surface area contributed by atoms with E-state index in [2.05, 4.69) is 15.5 Å². The number of fused-ring (bicyclic) bond motifs is 1. The van der Waals surface area contributed by atoms with Crippen LogP contribution >= 0.6 is 0 Å². The Morgan fingerprint density at radius 1 is 1.10 bits per heavy atom. The van der Waals surface area contributed by atoms with Crippen LogP contribution in [0.15, 0.2) is 41.2 Å². The zero-order chi connectivity index (χ0) is 21.5. The van der Waals surface area contributed by atoms with E-state index < -0.39 is 6.09 Å². The summed E-state index contributed by atoms with van der Waals surface area (Å²) in [5, 5.41) is 10.6. The molecule has 0 fully saturated rings. The van der Waals surface area contributed by atoms with Gasteiger partial charge in [0.15, 0.2) is 11.5 Å². The second-order valence-corrected chi connectivity index (χ2v) is 6.74. The average molecular weight is 411 g/mol. The quantitative estimate of drug-likeness (QED) is 0.546. The number of methoxy groups -OCH3 is 2. The number of unbranched alkanes of at least 4 members (excludes halogenated alkanes) is 1. The first-order valence-electron chi connectivity index (χ1n) is 9.71. The number of amides is 1. The van der Waals surface area contributed by atoms with E-state index in [1.54, 1.807) is 25.3 Å². The fourth-order valence-corrected chi connectivity index (χ4v) is 3.09. The molecule has 0 radical (unpaired) electrons. The van der Waals surface area contributed by atoms with Crippen molar-refractivity contribution in [1.82, 2.24) is 10.2 Å². The van der Waals surface area contributed by atoms with Gasteiger partial charge in [-0.05, 0) is 36.2 Å². The van der Waals surface area contributed by atoms with Gasteiger partial charge in [0.2, 0.25) is 0 Å². The maximum Gasteiger partial charge on any atom is 0.411 e. The van der Waals surface area contributed by atoms with Crippen molar-refractivity contribution >= 4 is 22.6 Å². The molecule has 3 aromatic rings. The minimum Gasteiger partial charge on any atom is -0.493 e. The molecule has 0 atom stereocenters. The third kappa shape index (κ3) is 4.89. The highest BCUT2D eigenvalue weighted by molar-refractivity contribution is 5.87. The van der Waals surface area contributed by atoms with Crippen molar-refractivity contribution in [1.29, 1.82) is 0 Å². The number of aromatic nitrogens is 2. The summed E-state index contributed by atoms with van der Waals surface area (Å²) in [7, 11) is 3.06. The van der Waals surface area contributed by atoms with Crippen LogP contribution in [0.25, 0.3) is 10.8 Å². The van der Waals surface area contributed by atoms with E-state index in [0.717, 1.165) is 18.4 Å². The van der Waals surface area contributed by atoms with Gasteiger partial charge in [0.1, 0.15) is 0 Å².